The minimum atomic E-state index is -1.69. The van der Waals surface area contributed by atoms with Crippen molar-refractivity contribution in [1.29, 1.82) is 0 Å². The highest BCUT2D eigenvalue weighted by Crippen LogP contribution is 2.50. The summed E-state index contributed by atoms with van der Waals surface area (Å²) in [6.07, 6.45) is 3.90. The normalized spacial score (nSPS) is 23.9. The summed E-state index contributed by atoms with van der Waals surface area (Å²) in [5, 5.41) is 14.9. The summed E-state index contributed by atoms with van der Waals surface area (Å²) >= 11 is 0. The molecule has 8 heteroatoms. The number of amides is 2. The average molecular weight is 536 g/mol. The van der Waals surface area contributed by atoms with Crippen LogP contribution in [0.15, 0.2) is 97.7 Å². The van der Waals surface area contributed by atoms with Crippen molar-refractivity contribution in [2.45, 2.75) is 24.4 Å². The number of nitrogens with one attached hydrogen (secondary N) is 2. The Morgan fingerprint density at radius 3 is 2.40 bits per heavy atom. The number of rotatable bonds is 9. The number of hydrogen-bond donors (Lipinski definition) is 3. The third kappa shape index (κ3) is 4.17. The molecule has 2 fully saturated rings. The van der Waals surface area contributed by atoms with Gasteiger partial charge < -0.3 is 14.8 Å². The van der Waals surface area contributed by atoms with E-state index in [1.807, 2.05) is 66.7 Å². The quantitative estimate of drug-likeness (QED) is 0.209. The molecule has 4 atom stereocenters. The number of carboxylic acids is 1. The number of ether oxygens (including phenoxy) is 1. The molecule has 1 aromatic heterocycles. The van der Waals surface area contributed by atoms with Crippen molar-refractivity contribution >= 4 is 28.7 Å². The molecule has 0 radical (unpaired) electrons. The molecular weight excluding hydrogens is 506 g/mol. The molecule has 2 amide bonds. The number of H-pyrrole nitrogens is 1. The number of para-hydroxylation sites is 2. The SMILES string of the molecule is C=CCCN1C(=O)C2C(c3ccc(Oc4ccccc4)cc3)NC(Cc3c[nH]c4ccccc34)(C(=O)O)C2C1=O. The molecule has 0 aliphatic carbocycles. The number of carbonyl (C=O) groups is 3. The Kier molecular flexibility index (Phi) is 6.48. The Bertz CT molecular complexity index is 1600. The fourth-order valence-electron chi connectivity index (χ4n) is 6.17. The summed E-state index contributed by atoms with van der Waals surface area (Å²) in [4.78, 5) is 45.1. The second-order valence-electron chi connectivity index (χ2n) is 10.3. The number of likely N-dealkylation sites (tertiary alicyclic amines) is 1. The van der Waals surface area contributed by atoms with E-state index < -0.39 is 35.3 Å². The lowest BCUT2D eigenvalue weighted by molar-refractivity contribution is -0.151. The van der Waals surface area contributed by atoms with E-state index in [2.05, 4.69) is 16.9 Å². The van der Waals surface area contributed by atoms with Gasteiger partial charge in [0.2, 0.25) is 11.8 Å². The van der Waals surface area contributed by atoms with Gasteiger partial charge in [-0.25, -0.2) is 0 Å². The van der Waals surface area contributed by atoms with E-state index >= 15 is 0 Å². The first-order valence-electron chi connectivity index (χ1n) is 13.3. The van der Waals surface area contributed by atoms with Crippen molar-refractivity contribution in [2.75, 3.05) is 6.54 Å². The molecule has 2 saturated heterocycles. The first-order chi connectivity index (χ1) is 19.4. The van der Waals surface area contributed by atoms with Gasteiger partial charge >= 0.3 is 5.97 Å². The van der Waals surface area contributed by atoms with Crippen LogP contribution in [-0.4, -0.2) is 44.9 Å². The minimum absolute atomic E-state index is 0.0353. The van der Waals surface area contributed by atoms with E-state index in [9.17, 15) is 19.5 Å². The first-order valence-corrected chi connectivity index (χ1v) is 13.3. The number of hydrogen-bond acceptors (Lipinski definition) is 5. The standard InChI is InChI=1S/C32H29N3O5/c1-2-3-17-35-29(36)26-27(30(35)37)32(31(38)39,18-21-19-33-25-12-8-7-11-24(21)25)34-28(26)20-13-15-23(16-14-20)40-22-9-5-4-6-10-22/h2,4-16,19,26-28,33-34H,1,3,17-18H2,(H,38,39). The van der Waals surface area contributed by atoms with E-state index in [1.54, 1.807) is 24.4 Å². The molecule has 6 rings (SSSR count). The average Bonchev–Trinajstić information content (AvgIpc) is 3.61. The van der Waals surface area contributed by atoms with Crippen LogP contribution in [0.1, 0.15) is 23.6 Å². The molecule has 4 aromatic rings. The number of benzene rings is 3. The smallest absolute Gasteiger partial charge is 0.325 e. The second kappa shape index (κ2) is 10.1. The summed E-state index contributed by atoms with van der Waals surface area (Å²) in [5.41, 5.74) is 0.667. The molecule has 3 heterocycles. The van der Waals surface area contributed by atoms with Gasteiger partial charge in [-0.3, -0.25) is 24.6 Å². The lowest BCUT2D eigenvalue weighted by Crippen LogP contribution is -2.57. The van der Waals surface area contributed by atoms with E-state index in [-0.39, 0.29) is 18.9 Å². The Balaban J connectivity index is 1.39. The molecule has 2 aliphatic rings. The van der Waals surface area contributed by atoms with Gasteiger partial charge in [0.15, 0.2) is 0 Å². The van der Waals surface area contributed by atoms with Gasteiger partial charge in [-0.05, 0) is 47.9 Å². The molecule has 0 spiro atoms. The van der Waals surface area contributed by atoms with Crippen molar-refractivity contribution in [1.82, 2.24) is 15.2 Å². The van der Waals surface area contributed by atoms with Crippen LogP contribution >= 0.6 is 0 Å². The van der Waals surface area contributed by atoms with E-state index in [4.69, 9.17) is 4.74 Å². The maximum Gasteiger partial charge on any atom is 0.325 e. The zero-order valence-corrected chi connectivity index (χ0v) is 21.7. The van der Waals surface area contributed by atoms with Crippen molar-refractivity contribution in [3.63, 3.8) is 0 Å². The molecule has 4 unspecified atom stereocenters. The summed E-state index contributed by atoms with van der Waals surface area (Å²) in [6.45, 7) is 3.88. The van der Waals surface area contributed by atoms with Gasteiger partial charge in [0, 0.05) is 36.1 Å². The molecule has 0 bridgehead atoms. The number of aliphatic carboxylic acids is 1. The fourth-order valence-corrected chi connectivity index (χ4v) is 6.17. The number of imide groups is 1. The first kappa shape index (κ1) is 25.6. The molecule has 2 aliphatic heterocycles. The third-order valence-electron chi connectivity index (χ3n) is 8.05. The second-order valence-corrected chi connectivity index (χ2v) is 10.3. The van der Waals surface area contributed by atoms with Crippen LogP contribution < -0.4 is 10.1 Å². The van der Waals surface area contributed by atoms with E-state index in [0.29, 0.717) is 23.5 Å². The van der Waals surface area contributed by atoms with Gasteiger partial charge in [0.05, 0.1) is 11.8 Å². The van der Waals surface area contributed by atoms with Crippen LogP contribution in [0.2, 0.25) is 0 Å². The van der Waals surface area contributed by atoms with Gasteiger partial charge in [0.1, 0.15) is 17.0 Å². The molecule has 40 heavy (non-hydrogen) atoms. The Labute approximate surface area is 231 Å². The lowest BCUT2D eigenvalue weighted by Gasteiger charge is -2.31. The predicted molar refractivity (Wildman–Crippen MR) is 150 cm³/mol. The van der Waals surface area contributed by atoms with Crippen LogP contribution in [0.25, 0.3) is 10.9 Å². The maximum atomic E-state index is 13.8. The van der Waals surface area contributed by atoms with Crippen LogP contribution in [0.4, 0.5) is 0 Å². The number of fused-ring (bicyclic) bond motifs is 2. The summed E-state index contributed by atoms with van der Waals surface area (Å²) in [6, 6.07) is 23.5. The lowest BCUT2D eigenvalue weighted by atomic mass is 9.76. The number of nitrogens with zero attached hydrogens (tertiary/aromatic N) is 1. The summed E-state index contributed by atoms with van der Waals surface area (Å²) < 4.78 is 5.92. The zero-order valence-electron chi connectivity index (χ0n) is 21.7. The number of carboxylic acid groups (broad SMARTS) is 1. The topological polar surface area (TPSA) is 112 Å². The van der Waals surface area contributed by atoms with Crippen molar-refractivity contribution in [2.24, 2.45) is 11.8 Å². The minimum Gasteiger partial charge on any atom is -0.480 e. The summed E-state index contributed by atoms with van der Waals surface area (Å²) in [7, 11) is 0. The van der Waals surface area contributed by atoms with E-state index in [1.165, 1.54) is 4.90 Å². The van der Waals surface area contributed by atoms with Crippen molar-refractivity contribution in [3.05, 3.63) is 109 Å². The van der Waals surface area contributed by atoms with Gasteiger partial charge in [-0.15, -0.1) is 6.58 Å². The van der Waals surface area contributed by atoms with Crippen LogP contribution in [0.3, 0.4) is 0 Å². The molecule has 8 nitrogen and oxygen atoms in total. The monoisotopic (exact) mass is 535 g/mol. The number of aromatic amines is 1. The highest BCUT2D eigenvalue weighted by molar-refractivity contribution is 6.09. The van der Waals surface area contributed by atoms with Crippen LogP contribution in [-0.2, 0) is 20.8 Å². The van der Waals surface area contributed by atoms with Crippen molar-refractivity contribution in [3.8, 4) is 11.5 Å². The third-order valence-corrected chi connectivity index (χ3v) is 8.05. The van der Waals surface area contributed by atoms with Gasteiger partial charge in [-0.1, -0.05) is 54.6 Å². The number of carbonyl (C=O) groups excluding carboxylic acids is 2. The molecule has 0 saturated carbocycles. The van der Waals surface area contributed by atoms with Gasteiger partial charge in [0.25, 0.3) is 0 Å². The van der Waals surface area contributed by atoms with E-state index in [0.717, 1.165) is 16.5 Å². The molecule has 202 valence electrons. The predicted octanol–water partition coefficient (Wildman–Crippen LogP) is 4.85. The zero-order chi connectivity index (χ0) is 27.9. The Morgan fingerprint density at radius 2 is 1.68 bits per heavy atom. The molecular formula is C32H29N3O5. The van der Waals surface area contributed by atoms with Crippen LogP contribution in [0.5, 0.6) is 11.5 Å². The fraction of sp³-hybridized carbons (Fsp3) is 0.219. The number of aromatic nitrogens is 1. The maximum absolute atomic E-state index is 13.8. The van der Waals surface area contributed by atoms with Crippen LogP contribution in [0, 0.1) is 11.8 Å². The van der Waals surface area contributed by atoms with Crippen molar-refractivity contribution < 1.29 is 24.2 Å². The Hall–Kier alpha value is -4.69. The highest BCUT2D eigenvalue weighted by Gasteiger charge is 2.68. The Morgan fingerprint density at radius 1 is 0.975 bits per heavy atom. The van der Waals surface area contributed by atoms with Gasteiger partial charge in [-0.2, -0.15) is 0 Å². The highest BCUT2D eigenvalue weighted by atomic mass is 16.5. The largest absolute Gasteiger partial charge is 0.480 e. The summed E-state index contributed by atoms with van der Waals surface area (Å²) in [5.74, 6) is -2.62. The molecule has 3 N–H and O–H groups in total. The molecule has 3 aromatic carbocycles.